The molecule has 4 rings (SSSR count). The van der Waals surface area contributed by atoms with Gasteiger partial charge in [-0.2, -0.15) is 0 Å². The molecule has 0 radical (unpaired) electrons. The zero-order valence-electron chi connectivity index (χ0n) is 47.6. The SMILES string of the molecule is CCCCCCCCCCCC(=O)NC(CCC(=O)OCC(CCCCCCCC)CCCCCCCCCC)C(=O)O[C@H]1CC[C@@]2(C)C(=CC[C@H]3[C@@H]4CC[C@H]([C@H](C)CCCC(C)C)[C@@]4(C)CC[C@@H]32)C1. The quantitative estimate of drug-likeness (QED) is 0.0377. The Morgan fingerprint density at radius 2 is 1.19 bits per heavy atom. The molecule has 6 nitrogen and oxygen atoms in total. The zero-order chi connectivity index (χ0) is 50.6. The summed E-state index contributed by atoms with van der Waals surface area (Å²) in [6.07, 6.45) is 47.5. The van der Waals surface area contributed by atoms with E-state index in [1.54, 1.807) is 0 Å². The van der Waals surface area contributed by atoms with Crippen molar-refractivity contribution in [3.63, 3.8) is 0 Å². The normalized spacial score (nSPS) is 26.4. The van der Waals surface area contributed by atoms with E-state index in [1.807, 2.05) is 0 Å². The van der Waals surface area contributed by atoms with Crippen molar-refractivity contribution in [3.05, 3.63) is 11.6 Å². The van der Waals surface area contributed by atoms with E-state index in [0.717, 1.165) is 81.0 Å². The molecule has 4 aliphatic carbocycles. The molecular weight excluding hydrogens is 863 g/mol. The number of carbonyl (C=O) groups is 3. The number of esters is 2. The largest absolute Gasteiger partial charge is 0.465 e. The summed E-state index contributed by atoms with van der Waals surface area (Å²) in [7, 11) is 0. The summed E-state index contributed by atoms with van der Waals surface area (Å²) in [6.45, 7) is 19.8. The van der Waals surface area contributed by atoms with Crippen LogP contribution in [0.5, 0.6) is 0 Å². The summed E-state index contributed by atoms with van der Waals surface area (Å²) >= 11 is 0. The summed E-state index contributed by atoms with van der Waals surface area (Å²) in [6, 6.07) is -0.841. The van der Waals surface area contributed by atoms with Crippen LogP contribution in [0.15, 0.2) is 11.6 Å². The van der Waals surface area contributed by atoms with Gasteiger partial charge >= 0.3 is 11.9 Å². The standard InChI is InChI=1S/C64H115NO5/c1-9-12-15-18-21-23-25-28-31-37-60(66)65-59(42-43-61(67)69-49-52(35-29-26-20-17-14-11-3)36-30-27-24-22-19-16-13-10-2)62(68)70-54-44-46-63(7)53(48-54)38-39-55-57-41-40-56(51(6)34-32-33-50(4)5)64(57,8)47-45-58(55)63/h38,50-52,54-59H,9-37,39-49H2,1-8H3,(H,65,66)/t51-,52?,54+,55+,56-,57+,58+,59?,63+,64-/m1/s1. The molecule has 406 valence electrons. The summed E-state index contributed by atoms with van der Waals surface area (Å²) in [4.78, 5) is 41.1. The van der Waals surface area contributed by atoms with Gasteiger partial charge in [-0.3, -0.25) is 9.59 Å². The number of unbranched alkanes of at least 4 members (excludes halogenated alkanes) is 20. The maximum atomic E-state index is 14.2. The van der Waals surface area contributed by atoms with Crippen molar-refractivity contribution in [2.75, 3.05) is 6.61 Å². The van der Waals surface area contributed by atoms with Crippen LogP contribution in [0, 0.1) is 52.3 Å². The minimum atomic E-state index is -0.841. The first kappa shape index (κ1) is 60.7. The number of ether oxygens (including phenoxy) is 2. The highest BCUT2D eigenvalue weighted by Crippen LogP contribution is 2.67. The van der Waals surface area contributed by atoms with E-state index in [2.05, 4.69) is 66.8 Å². The van der Waals surface area contributed by atoms with Crippen molar-refractivity contribution in [1.82, 2.24) is 5.32 Å². The van der Waals surface area contributed by atoms with Crippen molar-refractivity contribution in [2.24, 2.45) is 52.3 Å². The van der Waals surface area contributed by atoms with Crippen molar-refractivity contribution in [1.29, 1.82) is 0 Å². The third-order valence-electron chi connectivity index (χ3n) is 19.2. The Hall–Kier alpha value is -1.85. The van der Waals surface area contributed by atoms with Gasteiger partial charge in [-0.15, -0.1) is 0 Å². The van der Waals surface area contributed by atoms with Gasteiger partial charge in [0.25, 0.3) is 0 Å². The van der Waals surface area contributed by atoms with Crippen LogP contribution in [0.2, 0.25) is 0 Å². The van der Waals surface area contributed by atoms with E-state index in [4.69, 9.17) is 9.47 Å². The molecule has 3 saturated carbocycles. The summed E-state index contributed by atoms with van der Waals surface area (Å²) in [5.41, 5.74) is 2.15. The second kappa shape index (κ2) is 33.9. The van der Waals surface area contributed by atoms with Gasteiger partial charge in [0.05, 0.1) is 6.61 Å². The molecule has 10 atom stereocenters. The van der Waals surface area contributed by atoms with Crippen LogP contribution < -0.4 is 5.32 Å². The first-order valence-corrected chi connectivity index (χ1v) is 31.2. The molecule has 4 aliphatic rings. The van der Waals surface area contributed by atoms with E-state index >= 15 is 0 Å². The molecule has 0 saturated heterocycles. The number of fused-ring (bicyclic) bond motifs is 5. The number of rotatable bonds is 39. The Labute approximate surface area is 433 Å². The van der Waals surface area contributed by atoms with Crippen LogP contribution >= 0.6 is 0 Å². The fourth-order valence-electron chi connectivity index (χ4n) is 14.7. The lowest BCUT2D eigenvalue weighted by Crippen LogP contribution is -2.51. The molecule has 0 aromatic heterocycles. The average Bonchev–Trinajstić information content (AvgIpc) is 3.70. The van der Waals surface area contributed by atoms with Gasteiger partial charge < -0.3 is 14.8 Å². The second-order valence-corrected chi connectivity index (χ2v) is 25.2. The van der Waals surface area contributed by atoms with Crippen LogP contribution in [-0.4, -0.2) is 36.6 Å². The Morgan fingerprint density at radius 1 is 0.614 bits per heavy atom. The summed E-state index contributed by atoms with van der Waals surface area (Å²) in [5.74, 6) is 4.41. The molecule has 1 N–H and O–H groups in total. The lowest BCUT2D eigenvalue weighted by atomic mass is 9.47. The van der Waals surface area contributed by atoms with Crippen LogP contribution in [0.3, 0.4) is 0 Å². The Bertz CT molecular complexity index is 1470. The van der Waals surface area contributed by atoms with Crippen molar-refractivity contribution in [3.8, 4) is 0 Å². The molecule has 0 aliphatic heterocycles. The monoisotopic (exact) mass is 978 g/mol. The molecule has 3 fully saturated rings. The molecule has 0 spiro atoms. The van der Waals surface area contributed by atoms with Crippen molar-refractivity contribution in [2.45, 2.75) is 318 Å². The molecular formula is C64H115NO5. The topological polar surface area (TPSA) is 81.7 Å². The molecule has 0 heterocycles. The average molecular weight is 979 g/mol. The Morgan fingerprint density at radius 3 is 1.77 bits per heavy atom. The fourth-order valence-corrected chi connectivity index (χ4v) is 14.7. The van der Waals surface area contributed by atoms with E-state index in [1.165, 1.54) is 185 Å². The number of hydrogen-bond donors (Lipinski definition) is 1. The number of hydrogen-bond acceptors (Lipinski definition) is 5. The zero-order valence-corrected chi connectivity index (χ0v) is 47.6. The van der Waals surface area contributed by atoms with Gasteiger partial charge in [-0.05, 0) is 123 Å². The second-order valence-electron chi connectivity index (χ2n) is 25.2. The van der Waals surface area contributed by atoms with Crippen LogP contribution in [0.1, 0.15) is 306 Å². The maximum absolute atomic E-state index is 14.2. The molecule has 1 amide bonds. The smallest absolute Gasteiger partial charge is 0.328 e. The third-order valence-corrected chi connectivity index (χ3v) is 19.2. The number of allylic oxidation sites excluding steroid dienone is 1. The molecule has 70 heavy (non-hydrogen) atoms. The minimum absolute atomic E-state index is 0.105. The van der Waals surface area contributed by atoms with Crippen molar-refractivity contribution >= 4 is 17.8 Å². The molecule has 2 unspecified atom stereocenters. The van der Waals surface area contributed by atoms with Crippen LogP contribution in [-0.2, 0) is 23.9 Å². The highest BCUT2D eigenvalue weighted by molar-refractivity contribution is 5.85. The summed E-state index contributed by atoms with van der Waals surface area (Å²) in [5, 5.41) is 3.07. The highest BCUT2D eigenvalue weighted by Gasteiger charge is 2.59. The molecule has 0 bridgehead atoms. The highest BCUT2D eigenvalue weighted by atomic mass is 16.5. The predicted octanol–water partition coefficient (Wildman–Crippen LogP) is 18.6. The first-order valence-electron chi connectivity index (χ1n) is 31.2. The Kier molecular flexibility index (Phi) is 29.4. The van der Waals surface area contributed by atoms with E-state index < -0.39 is 6.04 Å². The minimum Gasteiger partial charge on any atom is -0.465 e. The third kappa shape index (κ3) is 20.5. The van der Waals surface area contributed by atoms with Gasteiger partial charge in [-0.25, -0.2) is 4.79 Å². The predicted molar refractivity (Wildman–Crippen MR) is 296 cm³/mol. The number of nitrogens with one attached hydrogen (secondary N) is 1. The van der Waals surface area contributed by atoms with Crippen LogP contribution in [0.4, 0.5) is 0 Å². The van der Waals surface area contributed by atoms with Gasteiger partial charge in [0.1, 0.15) is 12.1 Å². The lowest BCUT2D eigenvalue weighted by Gasteiger charge is -2.58. The first-order chi connectivity index (χ1) is 33.9. The maximum Gasteiger partial charge on any atom is 0.328 e. The van der Waals surface area contributed by atoms with Gasteiger partial charge in [0, 0.05) is 19.3 Å². The number of amides is 1. The molecule has 6 heteroatoms. The molecule has 0 aromatic carbocycles. The summed E-state index contributed by atoms with van der Waals surface area (Å²) < 4.78 is 12.4. The van der Waals surface area contributed by atoms with E-state index in [-0.39, 0.29) is 42.2 Å². The van der Waals surface area contributed by atoms with Gasteiger partial charge in [0.2, 0.25) is 5.91 Å². The van der Waals surface area contributed by atoms with Gasteiger partial charge in [0.15, 0.2) is 0 Å². The fraction of sp³-hybridized carbons (Fsp3) is 0.922. The van der Waals surface area contributed by atoms with E-state index in [9.17, 15) is 14.4 Å². The lowest BCUT2D eigenvalue weighted by molar-refractivity contribution is -0.156. The van der Waals surface area contributed by atoms with E-state index in [0.29, 0.717) is 30.3 Å². The van der Waals surface area contributed by atoms with Gasteiger partial charge in [-0.1, -0.05) is 228 Å². The molecule has 0 aromatic rings. The van der Waals surface area contributed by atoms with Crippen LogP contribution in [0.25, 0.3) is 0 Å². The Balaban J connectivity index is 1.33. The van der Waals surface area contributed by atoms with Crippen molar-refractivity contribution < 1.29 is 23.9 Å². The number of carbonyl (C=O) groups excluding carboxylic acids is 3.